The van der Waals surface area contributed by atoms with Crippen molar-refractivity contribution >= 4 is 49.2 Å². The van der Waals surface area contributed by atoms with Crippen molar-refractivity contribution in [3.05, 3.63) is 86.2 Å². The summed E-state index contributed by atoms with van der Waals surface area (Å²) in [5.41, 5.74) is -0.0783. The van der Waals surface area contributed by atoms with Crippen LogP contribution in [0.3, 0.4) is 0 Å². The first kappa shape index (κ1) is 20.1. The molecule has 0 saturated carbocycles. The molecule has 0 spiro atoms. The maximum absolute atomic E-state index is 13.3. The van der Waals surface area contributed by atoms with Gasteiger partial charge >= 0.3 is 0 Å². The van der Waals surface area contributed by atoms with Crippen LogP contribution in [0.2, 0.25) is 0 Å². The van der Waals surface area contributed by atoms with Crippen molar-refractivity contribution < 1.29 is 19.1 Å². The van der Waals surface area contributed by atoms with Crippen LogP contribution in [0.4, 0.5) is 5.69 Å². The molecule has 5 nitrogen and oxygen atoms in total. The van der Waals surface area contributed by atoms with E-state index in [1.807, 2.05) is 30.3 Å². The fourth-order valence-electron chi connectivity index (χ4n) is 3.55. The first-order valence-corrected chi connectivity index (χ1v) is 10.6. The number of carbonyl (C=O) groups is 2. The van der Waals surface area contributed by atoms with E-state index in [-0.39, 0.29) is 12.3 Å². The number of hydrogen-bond donors (Lipinski definition) is 1. The van der Waals surface area contributed by atoms with Crippen LogP contribution in [0.15, 0.2) is 68.0 Å². The minimum absolute atomic E-state index is 0.129. The Balaban J connectivity index is 1.73. The second-order valence-corrected chi connectivity index (χ2v) is 8.78. The van der Waals surface area contributed by atoms with Gasteiger partial charge in [-0.1, -0.05) is 50.1 Å². The number of benzene rings is 2. The molecule has 148 valence electrons. The lowest BCUT2D eigenvalue weighted by molar-refractivity contribution is -0.136. The molecule has 1 amide bonds. The van der Waals surface area contributed by atoms with Crippen LogP contribution < -0.4 is 4.90 Å². The molecule has 7 heteroatoms. The van der Waals surface area contributed by atoms with Gasteiger partial charge in [-0.3, -0.25) is 9.59 Å². The number of fused-ring (bicyclic) bond motifs is 1. The predicted molar refractivity (Wildman–Crippen MR) is 116 cm³/mol. The van der Waals surface area contributed by atoms with Crippen molar-refractivity contribution in [3.63, 3.8) is 0 Å². The highest BCUT2D eigenvalue weighted by Gasteiger charge is 2.51. The van der Waals surface area contributed by atoms with Crippen molar-refractivity contribution in [3.8, 4) is 0 Å². The number of hydrogen-bond acceptors (Lipinski definition) is 4. The molecule has 1 atom stereocenters. The standard InChI is InChI=1S/C22H17Br2NO4/c1-13-6-9-20(29-13)19(26)11-22(28)16-10-15(23)7-8-18(16)25(21(22)27)12-14-4-2-3-5-17(14)24/h2-10,28H,11-12H2,1H3. The van der Waals surface area contributed by atoms with Crippen LogP contribution in [0.25, 0.3) is 0 Å². The summed E-state index contributed by atoms with van der Waals surface area (Å²) in [6, 6.07) is 16.1. The highest BCUT2D eigenvalue weighted by atomic mass is 79.9. The van der Waals surface area contributed by atoms with Crippen LogP contribution >= 0.6 is 31.9 Å². The Morgan fingerprint density at radius 3 is 2.59 bits per heavy atom. The molecule has 0 bridgehead atoms. The maximum Gasteiger partial charge on any atom is 0.264 e. The van der Waals surface area contributed by atoms with Gasteiger partial charge in [0, 0.05) is 14.5 Å². The lowest BCUT2D eigenvalue weighted by Crippen LogP contribution is -2.41. The van der Waals surface area contributed by atoms with Gasteiger partial charge in [-0.25, -0.2) is 0 Å². The molecule has 0 saturated heterocycles. The lowest BCUT2D eigenvalue weighted by atomic mass is 9.89. The van der Waals surface area contributed by atoms with E-state index < -0.39 is 23.7 Å². The van der Waals surface area contributed by atoms with Crippen molar-refractivity contribution in [2.24, 2.45) is 0 Å². The number of anilines is 1. The van der Waals surface area contributed by atoms with Crippen LogP contribution in [-0.4, -0.2) is 16.8 Å². The second-order valence-electron chi connectivity index (χ2n) is 7.01. The highest BCUT2D eigenvalue weighted by Crippen LogP contribution is 2.45. The molecule has 1 aromatic heterocycles. The van der Waals surface area contributed by atoms with Crippen molar-refractivity contribution in [2.75, 3.05) is 4.90 Å². The molecule has 1 N–H and O–H groups in total. The summed E-state index contributed by atoms with van der Waals surface area (Å²) in [6.45, 7) is 2.00. The average Bonchev–Trinajstić information content (AvgIpc) is 3.20. The molecule has 1 unspecified atom stereocenters. The number of furan rings is 1. The van der Waals surface area contributed by atoms with Crippen LogP contribution in [-0.2, 0) is 16.9 Å². The normalized spacial score (nSPS) is 18.2. The zero-order chi connectivity index (χ0) is 20.8. The molecule has 2 aromatic carbocycles. The minimum atomic E-state index is -1.96. The first-order valence-electron chi connectivity index (χ1n) is 8.97. The van der Waals surface area contributed by atoms with E-state index in [0.29, 0.717) is 21.5 Å². The van der Waals surface area contributed by atoms with E-state index in [4.69, 9.17) is 4.42 Å². The smallest absolute Gasteiger partial charge is 0.264 e. The molecular weight excluding hydrogens is 502 g/mol. The Bertz CT molecular complexity index is 1120. The SMILES string of the molecule is Cc1ccc(C(=O)CC2(O)C(=O)N(Cc3ccccc3Br)c3ccc(Br)cc32)o1. The number of halogens is 2. The zero-order valence-corrected chi connectivity index (χ0v) is 18.7. The van der Waals surface area contributed by atoms with Crippen LogP contribution in [0.1, 0.15) is 33.9 Å². The number of aryl methyl sites for hydroxylation is 1. The third-order valence-corrected chi connectivity index (χ3v) is 6.28. The van der Waals surface area contributed by atoms with Gasteiger partial charge in [-0.15, -0.1) is 0 Å². The van der Waals surface area contributed by atoms with Gasteiger partial charge in [0.05, 0.1) is 18.7 Å². The minimum Gasteiger partial charge on any atom is -0.458 e. The van der Waals surface area contributed by atoms with E-state index >= 15 is 0 Å². The van der Waals surface area contributed by atoms with Crippen molar-refractivity contribution in [1.29, 1.82) is 0 Å². The number of Topliss-reactive ketones (excluding diaryl/α,β-unsaturated/α-hetero) is 1. The average molecular weight is 519 g/mol. The van der Waals surface area contributed by atoms with Crippen LogP contribution in [0, 0.1) is 6.92 Å². The summed E-state index contributed by atoms with van der Waals surface area (Å²) in [7, 11) is 0. The summed E-state index contributed by atoms with van der Waals surface area (Å²) in [5.74, 6) is -0.234. The molecular formula is C22H17Br2NO4. The molecule has 29 heavy (non-hydrogen) atoms. The number of amides is 1. The summed E-state index contributed by atoms with van der Waals surface area (Å²) >= 11 is 6.90. The number of ketones is 1. The first-order chi connectivity index (χ1) is 13.8. The zero-order valence-electron chi connectivity index (χ0n) is 15.5. The van der Waals surface area contributed by atoms with Crippen molar-refractivity contribution in [2.45, 2.75) is 25.5 Å². The number of aliphatic hydroxyl groups is 1. The third kappa shape index (κ3) is 3.58. The summed E-state index contributed by atoms with van der Waals surface area (Å²) < 4.78 is 6.96. The van der Waals surface area contributed by atoms with E-state index in [9.17, 15) is 14.7 Å². The van der Waals surface area contributed by atoms with E-state index in [1.165, 1.54) is 4.90 Å². The van der Waals surface area contributed by atoms with Gasteiger partial charge in [0.15, 0.2) is 11.4 Å². The van der Waals surface area contributed by atoms with E-state index in [0.717, 1.165) is 10.0 Å². The molecule has 1 aliphatic rings. The Labute approximate surface area is 184 Å². The monoisotopic (exact) mass is 517 g/mol. The maximum atomic E-state index is 13.3. The Kier molecular flexibility index (Phi) is 5.23. The molecule has 1 aliphatic heterocycles. The fourth-order valence-corrected chi connectivity index (χ4v) is 4.32. The molecule has 0 radical (unpaired) electrons. The van der Waals surface area contributed by atoms with E-state index in [2.05, 4.69) is 31.9 Å². The molecule has 3 aromatic rings. The summed E-state index contributed by atoms with van der Waals surface area (Å²) in [4.78, 5) is 27.6. The number of carbonyl (C=O) groups excluding carboxylic acids is 2. The third-order valence-electron chi connectivity index (χ3n) is 5.01. The van der Waals surface area contributed by atoms with Gasteiger partial charge in [-0.2, -0.15) is 0 Å². The topological polar surface area (TPSA) is 70.8 Å². The molecule has 0 aliphatic carbocycles. The summed E-state index contributed by atoms with van der Waals surface area (Å²) in [5, 5.41) is 11.4. The molecule has 0 fully saturated rings. The lowest BCUT2D eigenvalue weighted by Gasteiger charge is -2.23. The molecule has 4 rings (SSSR count). The highest BCUT2D eigenvalue weighted by molar-refractivity contribution is 9.10. The predicted octanol–water partition coefficient (Wildman–Crippen LogP) is 5.12. The molecule has 2 heterocycles. The van der Waals surface area contributed by atoms with Gasteiger partial charge < -0.3 is 14.4 Å². The Morgan fingerprint density at radius 2 is 1.90 bits per heavy atom. The number of rotatable bonds is 5. The fraction of sp³-hybridized carbons (Fsp3) is 0.182. The van der Waals surface area contributed by atoms with Gasteiger partial charge in [0.25, 0.3) is 5.91 Å². The quantitative estimate of drug-likeness (QED) is 0.476. The van der Waals surface area contributed by atoms with Gasteiger partial charge in [0.2, 0.25) is 5.78 Å². The van der Waals surface area contributed by atoms with Crippen LogP contribution in [0.5, 0.6) is 0 Å². The summed E-state index contributed by atoms with van der Waals surface area (Å²) in [6.07, 6.45) is -0.394. The Hall–Kier alpha value is -2.22. The van der Waals surface area contributed by atoms with Gasteiger partial charge in [-0.05, 0) is 48.9 Å². The largest absolute Gasteiger partial charge is 0.458 e. The van der Waals surface area contributed by atoms with Gasteiger partial charge in [0.1, 0.15) is 5.76 Å². The second kappa shape index (κ2) is 7.55. The van der Waals surface area contributed by atoms with Crippen molar-refractivity contribution in [1.82, 2.24) is 0 Å². The Morgan fingerprint density at radius 1 is 1.14 bits per heavy atom. The van der Waals surface area contributed by atoms with E-state index in [1.54, 1.807) is 31.2 Å². The number of nitrogens with zero attached hydrogens (tertiary/aromatic N) is 1.